The molecular weight excluding hydrogens is 359 g/mol. The number of aromatic nitrogens is 2. The second-order valence-electron chi connectivity index (χ2n) is 7.34. The molecule has 2 atom stereocenters. The molecule has 1 N–H and O–H groups in total. The van der Waals surface area contributed by atoms with Crippen molar-refractivity contribution >= 4 is 5.91 Å². The maximum absolute atomic E-state index is 13.9. The fraction of sp³-hybridized carbons (Fsp3) is 0.476. The molecule has 2 aromatic rings. The first-order valence-corrected chi connectivity index (χ1v) is 9.91. The highest BCUT2D eigenvalue weighted by molar-refractivity contribution is 5.81. The Balaban J connectivity index is 1.45. The lowest BCUT2D eigenvalue weighted by Crippen LogP contribution is -2.44. The lowest BCUT2D eigenvalue weighted by atomic mass is 10.0. The van der Waals surface area contributed by atoms with Crippen molar-refractivity contribution in [1.82, 2.24) is 20.2 Å². The van der Waals surface area contributed by atoms with Crippen LogP contribution in [0.1, 0.15) is 42.8 Å². The quantitative estimate of drug-likeness (QED) is 0.858. The van der Waals surface area contributed by atoms with E-state index in [2.05, 4.69) is 10.3 Å². The van der Waals surface area contributed by atoms with Crippen LogP contribution in [0.15, 0.2) is 30.5 Å². The van der Waals surface area contributed by atoms with Crippen LogP contribution >= 0.6 is 0 Å². The zero-order valence-corrected chi connectivity index (χ0v) is 16.0. The average Bonchev–Trinajstić information content (AvgIpc) is 3.27. The van der Waals surface area contributed by atoms with Gasteiger partial charge in [-0.2, -0.15) is 0 Å². The number of hydrogen-bond acceptors (Lipinski definition) is 5. The van der Waals surface area contributed by atoms with Crippen LogP contribution in [0.25, 0.3) is 0 Å². The van der Waals surface area contributed by atoms with Crippen LogP contribution in [0, 0.1) is 5.82 Å². The fourth-order valence-corrected chi connectivity index (χ4v) is 3.80. The summed E-state index contributed by atoms with van der Waals surface area (Å²) in [6, 6.07) is 6.17. The number of benzene rings is 1. The molecule has 0 aliphatic carbocycles. The van der Waals surface area contributed by atoms with E-state index in [4.69, 9.17) is 9.72 Å². The SMILES string of the molecule is CC[C@@H](Oc1ccccc1F)C(=O)N1CCc2nc([C@@H]3CCNC3)ncc2C1. The van der Waals surface area contributed by atoms with Crippen molar-refractivity contribution in [3.63, 3.8) is 0 Å². The molecule has 3 heterocycles. The molecule has 0 unspecified atom stereocenters. The van der Waals surface area contributed by atoms with E-state index in [1.165, 1.54) is 6.07 Å². The zero-order valence-electron chi connectivity index (χ0n) is 16.0. The molecule has 6 nitrogen and oxygen atoms in total. The van der Waals surface area contributed by atoms with Crippen molar-refractivity contribution in [3.05, 3.63) is 53.4 Å². The van der Waals surface area contributed by atoms with E-state index < -0.39 is 11.9 Å². The number of fused-ring (bicyclic) bond motifs is 1. The highest BCUT2D eigenvalue weighted by Crippen LogP contribution is 2.24. The summed E-state index contributed by atoms with van der Waals surface area (Å²) >= 11 is 0. The predicted molar refractivity (Wildman–Crippen MR) is 102 cm³/mol. The van der Waals surface area contributed by atoms with Gasteiger partial charge >= 0.3 is 0 Å². The molecule has 1 saturated heterocycles. The molecule has 7 heteroatoms. The van der Waals surface area contributed by atoms with Crippen LogP contribution in [-0.4, -0.2) is 46.5 Å². The number of nitrogens with one attached hydrogen (secondary N) is 1. The standard InChI is InChI=1S/C21H25FN4O2/c1-2-18(28-19-6-4-3-5-16(19)22)21(27)26-10-8-17-15(13-26)12-24-20(25-17)14-7-9-23-11-14/h3-6,12,14,18,23H,2,7-11,13H2,1H3/t14-,18-/m1/s1. The second-order valence-corrected chi connectivity index (χ2v) is 7.34. The molecule has 1 fully saturated rings. The second kappa shape index (κ2) is 8.22. The highest BCUT2D eigenvalue weighted by Gasteiger charge is 2.30. The summed E-state index contributed by atoms with van der Waals surface area (Å²) in [5.74, 6) is 0.806. The van der Waals surface area contributed by atoms with E-state index in [1.54, 1.807) is 23.1 Å². The fourth-order valence-electron chi connectivity index (χ4n) is 3.80. The van der Waals surface area contributed by atoms with Crippen LogP contribution in [0.4, 0.5) is 4.39 Å². The van der Waals surface area contributed by atoms with Crippen molar-refractivity contribution in [2.24, 2.45) is 0 Å². The molecule has 28 heavy (non-hydrogen) atoms. The van der Waals surface area contributed by atoms with Crippen molar-refractivity contribution < 1.29 is 13.9 Å². The third-order valence-corrected chi connectivity index (χ3v) is 5.44. The van der Waals surface area contributed by atoms with Gasteiger partial charge in [-0.25, -0.2) is 14.4 Å². The van der Waals surface area contributed by atoms with Crippen LogP contribution in [0.5, 0.6) is 5.75 Å². The van der Waals surface area contributed by atoms with Crippen molar-refractivity contribution in [2.45, 2.75) is 44.8 Å². The molecule has 2 aliphatic heterocycles. The Labute approximate surface area is 164 Å². The molecule has 0 saturated carbocycles. The van der Waals surface area contributed by atoms with Gasteiger partial charge in [-0.1, -0.05) is 19.1 Å². The topological polar surface area (TPSA) is 67.3 Å². The zero-order chi connectivity index (χ0) is 19.5. The first-order chi connectivity index (χ1) is 13.7. The van der Waals surface area contributed by atoms with E-state index >= 15 is 0 Å². The molecule has 2 aliphatic rings. The van der Waals surface area contributed by atoms with E-state index in [9.17, 15) is 9.18 Å². The molecule has 0 bridgehead atoms. The lowest BCUT2D eigenvalue weighted by molar-refractivity contribution is -0.140. The molecule has 148 valence electrons. The molecule has 1 aromatic heterocycles. The maximum atomic E-state index is 13.9. The van der Waals surface area contributed by atoms with Gasteiger partial charge in [0, 0.05) is 43.7 Å². The Kier molecular flexibility index (Phi) is 5.52. The highest BCUT2D eigenvalue weighted by atomic mass is 19.1. The summed E-state index contributed by atoms with van der Waals surface area (Å²) in [5, 5.41) is 3.34. The number of hydrogen-bond donors (Lipinski definition) is 1. The number of halogens is 1. The van der Waals surface area contributed by atoms with Gasteiger partial charge in [0.05, 0.1) is 5.69 Å². The van der Waals surface area contributed by atoms with Crippen molar-refractivity contribution in [2.75, 3.05) is 19.6 Å². The Morgan fingerprint density at radius 1 is 1.43 bits per heavy atom. The summed E-state index contributed by atoms with van der Waals surface area (Å²) in [5.41, 5.74) is 2.01. The number of carbonyl (C=O) groups is 1. The first kappa shape index (κ1) is 18.8. The minimum Gasteiger partial charge on any atom is -0.478 e. The summed E-state index contributed by atoms with van der Waals surface area (Å²) in [4.78, 5) is 24.0. The minimum atomic E-state index is -0.705. The van der Waals surface area contributed by atoms with E-state index in [-0.39, 0.29) is 11.7 Å². The third kappa shape index (κ3) is 3.85. The number of nitrogens with zero attached hydrogens (tertiary/aromatic N) is 3. The lowest BCUT2D eigenvalue weighted by Gasteiger charge is -2.31. The number of amides is 1. The van der Waals surface area contributed by atoms with E-state index in [0.29, 0.717) is 31.8 Å². The number of rotatable bonds is 5. The Hall–Kier alpha value is -2.54. The molecule has 0 radical (unpaired) electrons. The van der Waals surface area contributed by atoms with Gasteiger partial charge in [-0.15, -0.1) is 0 Å². The number of para-hydroxylation sites is 1. The van der Waals surface area contributed by atoms with Crippen LogP contribution in [-0.2, 0) is 17.8 Å². The van der Waals surface area contributed by atoms with Gasteiger partial charge in [-0.3, -0.25) is 4.79 Å². The monoisotopic (exact) mass is 384 g/mol. The predicted octanol–water partition coefficient (Wildman–Crippen LogP) is 2.43. The van der Waals surface area contributed by atoms with Gasteiger partial charge in [0.15, 0.2) is 17.7 Å². The Bertz CT molecular complexity index is 854. The van der Waals surface area contributed by atoms with Crippen LogP contribution < -0.4 is 10.1 Å². The van der Waals surface area contributed by atoms with Crippen LogP contribution in [0.2, 0.25) is 0 Å². The Morgan fingerprint density at radius 3 is 3.04 bits per heavy atom. The third-order valence-electron chi connectivity index (χ3n) is 5.44. The summed E-state index contributed by atoms with van der Waals surface area (Å²) < 4.78 is 19.6. The van der Waals surface area contributed by atoms with Gasteiger partial charge < -0.3 is 15.0 Å². The summed E-state index contributed by atoms with van der Waals surface area (Å²) in [6.45, 7) is 4.85. The molecule has 1 amide bonds. The summed E-state index contributed by atoms with van der Waals surface area (Å²) in [6.07, 6.45) is 3.39. The molecular formula is C21H25FN4O2. The van der Waals surface area contributed by atoms with Crippen molar-refractivity contribution in [1.29, 1.82) is 0 Å². The van der Waals surface area contributed by atoms with Gasteiger partial charge in [-0.05, 0) is 31.5 Å². The molecule has 1 aromatic carbocycles. The first-order valence-electron chi connectivity index (χ1n) is 9.91. The molecule has 4 rings (SSSR count). The normalized spacial score (nSPS) is 19.9. The number of carbonyl (C=O) groups excluding carboxylic acids is 1. The average molecular weight is 384 g/mol. The molecule has 0 spiro atoms. The number of ether oxygens (including phenoxy) is 1. The minimum absolute atomic E-state index is 0.109. The van der Waals surface area contributed by atoms with Gasteiger partial charge in [0.25, 0.3) is 5.91 Å². The van der Waals surface area contributed by atoms with Gasteiger partial charge in [0.2, 0.25) is 0 Å². The van der Waals surface area contributed by atoms with Crippen molar-refractivity contribution in [3.8, 4) is 5.75 Å². The van der Waals surface area contributed by atoms with E-state index in [0.717, 1.165) is 36.6 Å². The van der Waals surface area contributed by atoms with Gasteiger partial charge in [0.1, 0.15) is 5.82 Å². The largest absolute Gasteiger partial charge is 0.478 e. The van der Waals surface area contributed by atoms with Crippen LogP contribution in [0.3, 0.4) is 0 Å². The smallest absolute Gasteiger partial charge is 0.263 e. The summed E-state index contributed by atoms with van der Waals surface area (Å²) in [7, 11) is 0. The van der Waals surface area contributed by atoms with E-state index in [1.807, 2.05) is 13.1 Å². The Morgan fingerprint density at radius 2 is 2.29 bits per heavy atom. The maximum Gasteiger partial charge on any atom is 0.263 e.